The monoisotopic (exact) mass is 541 g/mol. The summed E-state index contributed by atoms with van der Waals surface area (Å²) >= 11 is 11.6. The van der Waals surface area contributed by atoms with Crippen molar-refractivity contribution in [1.29, 1.82) is 0 Å². The molecule has 0 spiro atoms. The smallest absolute Gasteiger partial charge is 0.420 e. The van der Waals surface area contributed by atoms with Crippen molar-refractivity contribution in [3.8, 4) is 5.75 Å². The molecule has 1 N–H and O–H groups in total. The largest absolute Gasteiger partial charge is 0.496 e. The fraction of sp³-hybridized carbons (Fsp3) is 0.500. The number of rotatable bonds is 7. The van der Waals surface area contributed by atoms with E-state index >= 15 is 0 Å². The predicted molar refractivity (Wildman–Crippen MR) is 141 cm³/mol. The van der Waals surface area contributed by atoms with Crippen LogP contribution in [0.4, 0.5) is 24.5 Å². The van der Waals surface area contributed by atoms with Gasteiger partial charge < -0.3 is 24.6 Å². The Hall–Kier alpha value is -2.23. The average Bonchev–Trinajstić information content (AvgIpc) is 2.88. The highest BCUT2D eigenvalue weighted by atomic mass is 35.5. The number of methoxy groups -OCH3 is 1. The summed E-state index contributed by atoms with van der Waals surface area (Å²) in [7, 11) is 1.24. The van der Waals surface area contributed by atoms with Gasteiger partial charge in [-0.25, -0.2) is 0 Å². The average molecular weight is 542 g/mol. The van der Waals surface area contributed by atoms with Crippen LogP contribution in [-0.2, 0) is 10.9 Å². The van der Waals surface area contributed by atoms with E-state index in [0.29, 0.717) is 12.3 Å². The molecule has 1 heterocycles. The molecule has 1 aliphatic carbocycles. The van der Waals surface area contributed by atoms with Gasteiger partial charge in [-0.1, -0.05) is 23.8 Å². The normalized spacial score (nSPS) is 20.8. The Balaban J connectivity index is 1.18. The van der Waals surface area contributed by atoms with Gasteiger partial charge in [0.05, 0.1) is 25.4 Å². The van der Waals surface area contributed by atoms with Crippen molar-refractivity contribution in [3.05, 3.63) is 53.1 Å². The predicted octanol–water partition coefficient (Wildman–Crippen LogP) is 6.26. The van der Waals surface area contributed by atoms with E-state index in [1.165, 1.54) is 13.2 Å². The summed E-state index contributed by atoms with van der Waals surface area (Å²) < 4.78 is 50.9. The lowest BCUT2D eigenvalue weighted by Crippen LogP contribution is -2.49. The molecule has 2 aromatic rings. The highest BCUT2D eigenvalue weighted by molar-refractivity contribution is 7.80. The molecule has 4 rings (SSSR count). The van der Waals surface area contributed by atoms with Crippen molar-refractivity contribution < 1.29 is 22.6 Å². The van der Waals surface area contributed by atoms with Crippen LogP contribution >= 0.6 is 23.8 Å². The quantitative estimate of drug-likeness (QED) is 0.417. The molecule has 0 aromatic heterocycles. The first kappa shape index (κ1) is 26.8. The van der Waals surface area contributed by atoms with Crippen LogP contribution in [0, 0.1) is 0 Å². The topological polar surface area (TPSA) is 37.0 Å². The molecule has 10 heteroatoms. The molecule has 0 radical (unpaired) electrons. The molecule has 0 atom stereocenters. The molecule has 1 aliphatic heterocycles. The first-order valence-corrected chi connectivity index (χ1v) is 12.9. The van der Waals surface area contributed by atoms with E-state index in [1.54, 1.807) is 6.07 Å². The SMILES string of the molecule is COc1ccc(NC2CCC(OCC(=S)N3CCN(c4ccc(Cl)cc4)CC3)CC2)cc1C(F)(F)F. The summed E-state index contributed by atoms with van der Waals surface area (Å²) in [4.78, 5) is 5.35. The van der Waals surface area contributed by atoms with Crippen molar-refractivity contribution in [2.45, 2.75) is 44.0 Å². The number of alkyl halides is 3. The molecule has 2 aliphatic rings. The van der Waals surface area contributed by atoms with Crippen LogP contribution in [0.3, 0.4) is 0 Å². The minimum atomic E-state index is -4.46. The maximum atomic E-state index is 13.3. The lowest BCUT2D eigenvalue weighted by Gasteiger charge is -2.38. The molecule has 0 unspecified atom stereocenters. The van der Waals surface area contributed by atoms with Gasteiger partial charge in [-0.05, 0) is 68.1 Å². The van der Waals surface area contributed by atoms with Crippen LogP contribution in [0.5, 0.6) is 5.75 Å². The molecule has 0 bridgehead atoms. The molecule has 1 saturated carbocycles. The highest BCUT2D eigenvalue weighted by Crippen LogP contribution is 2.38. The first-order valence-electron chi connectivity index (χ1n) is 12.1. The third-order valence-electron chi connectivity index (χ3n) is 6.82. The fourth-order valence-electron chi connectivity index (χ4n) is 4.78. The van der Waals surface area contributed by atoms with Gasteiger partial charge in [0, 0.05) is 48.6 Å². The number of hydrogen-bond donors (Lipinski definition) is 1. The zero-order valence-corrected chi connectivity index (χ0v) is 21.8. The van der Waals surface area contributed by atoms with Crippen LogP contribution in [0.25, 0.3) is 0 Å². The number of halogens is 4. The van der Waals surface area contributed by atoms with E-state index < -0.39 is 11.7 Å². The number of benzene rings is 2. The number of anilines is 2. The van der Waals surface area contributed by atoms with E-state index in [2.05, 4.69) is 15.1 Å². The van der Waals surface area contributed by atoms with Crippen LogP contribution in [0.1, 0.15) is 31.2 Å². The van der Waals surface area contributed by atoms with Gasteiger partial charge in [0.25, 0.3) is 0 Å². The van der Waals surface area contributed by atoms with Gasteiger partial charge in [-0.2, -0.15) is 13.2 Å². The second kappa shape index (κ2) is 11.9. The molecule has 1 saturated heterocycles. The van der Waals surface area contributed by atoms with E-state index in [-0.39, 0.29) is 17.9 Å². The highest BCUT2D eigenvalue weighted by Gasteiger charge is 2.35. The van der Waals surface area contributed by atoms with Crippen LogP contribution in [-0.4, -0.2) is 61.9 Å². The van der Waals surface area contributed by atoms with Crippen molar-refractivity contribution in [3.63, 3.8) is 0 Å². The standard InChI is InChI=1S/C26H31ClF3N3O2S/c1-34-24-11-6-20(16-23(24)26(28,29)30)31-19-4-9-22(10-5-19)35-17-25(36)33-14-12-32(13-15-33)21-7-2-18(27)3-8-21/h2-3,6-8,11,16,19,22,31H,4-5,9-10,12-15,17H2,1H3. The maximum Gasteiger partial charge on any atom is 0.420 e. The molecule has 2 fully saturated rings. The van der Waals surface area contributed by atoms with Gasteiger partial charge >= 0.3 is 6.18 Å². The number of piperazine rings is 1. The van der Waals surface area contributed by atoms with Crippen molar-refractivity contribution in [1.82, 2.24) is 4.90 Å². The van der Waals surface area contributed by atoms with Gasteiger partial charge in [0.1, 0.15) is 10.7 Å². The molecule has 0 amide bonds. The van der Waals surface area contributed by atoms with Crippen LogP contribution in [0.15, 0.2) is 42.5 Å². The molecule has 2 aromatic carbocycles. The Morgan fingerprint density at radius 3 is 2.31 bits per heavy atom. The third-order valence-corrected chi connectivity index (χ3v) is 7.44. The van der Waals surface area contributed by atoms with Crippen molar-refractivity contribution in [2.24, 2.45) is 0 Å². The zero-order chi connectivity index (χ0) is 25.7. The molecule has 5 nitrogen and oxygen atoms in total. The summed E-state index contributed by atoms with van der Waals surface area (Å²) in [6, 6.07) is 12.1. The Kier molecular flexibility index (Phi) is 8.85. The summed E-state index contributed by atoms with van der Waals surface area (Å²) in [6.07, 6.45) is -1.03. The molecular formula is C26H31ClF3N3O2S. The van der Waals surface area contributed by atoms with E-state index in [4.69, 9.17) is 33.3 Å². The van der Waals surface area contributed by atoms with Crippen molar-refractivity contribution >= 4 is 40.2 Å². The number of nitrogens with zero attached hydrogens (tertiary/aromatic N) is 2. The van der Waals surface area contributed by atoms with Crippen LogP contribution in [0.2, 0.25) is 5.02 Å². The molecule has 196 valence electrons. The summed E-state index contributed by atoms with van der Waals surface area (Å²) in [6.45, 7) is 3.90. The van der Waals surface area contributed by atoms with Crippen LogP contribution < -0.4 is 15.0 Å². The first-order chi connectivity index (χ1) is 17.2. The lowest BCUT2D eigenvalue weighted by molar-refractivity contribution is -0.138. The van der Waals surface area contributed by atoms with Gasteiger partial charge in [0.15, 0.2) is 0 Å². The number of ether oxygens (including phenoxy) is 2. The minimum Gasteiger partial charge on any atom is -0.496 e. The van der Waals surface area contributed by atoms with Gasteiger partial charge in [0.2, 0.25) is 0 Å². The molecule has 36 heavy (non-hydrogen) atoms. The Labute approximate surface area is 220 Å². The number of nitrogens with one attached hydrogen (secondary N) is 1. The lowest BCUT2D eigenvalue weighted by atomic mass is 9.92. The minimum absolute atomic E-state index is 0.104. The molecular weight excluding hydrogens is 511 g/mol. The van der Waals surface area contributed by atoms with Gasteiger partial charge in [-0.3, -0.25) is 0 Å². The summed E-state index contributed by atoms with van der Waals surface area (Å²) in [5.74, 6) is -0.174. The summed E-state index contributed by atoms with van der Waals surface area (Å²) in [5, 5.41) is 3.98. The van der Waals surface area contributed by atoms with Gasteiger partial charge in [-0.15, -0.1) is 0 Å². The second-order valence-corrected chi connectivity index (χ2v) is 10.1. The van der Waals surface area contributed by atoms with E-state index in [1.807, 2.05) is 24.3 Å². The number of hydrogen-bond acceptors (Lipinski definition) is 5. The summed E-state index contributed by atoms with van der Waals surface area (Å²) in [5.41, 5.74) is 0.844. The second-order valence-electron chi connectivity index (χ2n) is 9.19. The Morgan fingerprint density at radius 2 is 1.69 bits per heavy atom. The van der Waals surface area contributed by atoms with E-state index in [9.17, 15) is 13.2 Å². The Bertz CT molecular complexity index is 1020. The maximum absolute atomic E-state index is 13.3. The van der Waals surface area contributed by atoms with E-state index in [0.717, 1.165) is 73.6 Å². The third kappa shape index (κ3) is 6.95. The Morgan fingerprint density at radius 1 is 1.03 bits per heavy atom. The van der Waals surface area contributed by atoms with Crippen molar-refractivity contribution in [2.75, 3.05) is 50.1 Å². The number of thiocarbonyl (C=S) groups is 1. The zero-order valence-electron chi connectivity index (χ0n) is 20.2. The fourth-order valence-corrected chi connectivity index (χ4v) is 5.15.